The zero-order valence-corrected chi connectivity index (χ0v) is 11.8. The van der Waals surface area contributed by atoms with Gasteiger partial charge in [-0.15, -0.1) is 0 Å². The largest absolute Gasteiger partial charge is 0.321 e. The molecule has 0 saturated carbocycles. The van der Waals surface area contributed by atoms with Crippen LogP contribution in [0.3, 0.4) is 0 Å². The Hall–Kier alpha value is -1.69. The minimum atomic E-state index is -0.136. The molecule has 0 aliphatic carbocycles. The molecular weight excluding hydrogens is 240 g/mol. The smallest absolute Gasteiger partial charge is 0.166 e. The van der Waals surface area contributed by atoms with Crippen molar-refractivity contribution < 1.29 is 0 Å². The number of hydrogen-bond acceptors (Lipinski definition) is 4. The van der Waals surface area contributed by atoms with Gasteiger partial charge in [-0.3, -0.25) is 4.68 Å². The summed E-state index contributed by atoms with van der Waals surface area (Å²) in [5.74, 6) is 0.666. The first-order valence-corrected chi connectivity index (χ1v) is 6.83. The Balaban J connectivity index is 2.06. The fraction of sp³-hybridized carbons (Fsp3) is 0.615. The first kappa shape index (κ1) is 13.7. The molecule has 2 aromatic rings. The van der Waals surface area contributed by atoms with Gasteiger partial charge in [-0.25, -0.2) is 9.67 Å². The monoisotopic (exact) mass is 262 g/mol. The first-order valence-electron chi connectivity index (χ1n) is 6.83. The first-order chi connectivity index (χ1) is 9.13. The van der Waals surface area contributed by atoms with Crippen LogP contribution in [-0.4, -0.2) is 24.5 Å². The Kier molecular flexibility index (Phi) is 4.31. The molecule has 0 radical (unpaired) electrons. The van der Waals surface area contributed by atoms with E-state index in [2.05, 4.69) is 29.0 Å². The van der Waals surface area contributed by atoms with Crippen LogP contribution in [0.25, 0.3) is 0 Å². The van der Waals surface area contributed by atoms with E-state index in [9.17, 15) is 0 Å². The molecule has 6 heteroatoms. The van der Waals surface area contributed by atoms with E-state index in [1.54, 1.807) is 11.0 Å². The van der Waals surface area contributed by atoms with Gasteiger partial charge in [0, 0.05) is 6.20 Å². The van der Waals surface area contributed by atoms with E-state index >= 15 is 0 Å². The van der Waals surface area contributed by atoms with Crippen LogP contribution in [0.5, 0.6) is 0 Å². The Bertz CT molecular complexity index is 509. The molecule has 2 heterocycles. The molecule has 0 amide bonds. The third kappa shape index (κ3) is 3.20. The lowest BCUT2D eigenvalue weighted by molar-refractivity contribution is 0.424. The van der Waals surface area contributed by atoms with Crippen LogP contribution in [0.2, 0.25) is 0 Å². The van der Waals surface area contributed by atoms with Crippen LogP contribution in [-0.2, 0) is 6.54 Å². The molecule has 0 fully saturated rings. The highest BCUT2D eigenvalue weighted by Gasteiger charge is 2.10. The van der Waals surface area contributed by atoms with Crippen molar-refractivity contribution in [3.8, 4) is 0 Å². The molecule has 6 nitrogen and oxygen atoms in total. The highest BCUT2D eigenvalue weighted by molar-refractivity contribution is 5.01. The summed E-state index contributed by atoms with van der Waals surface area (Å²) in [6, 6.07) is 2.37. The molecule has 0 aliphatic rings. The summed E-state index contributed by atoms with van der Waals surface area (Å²) in [5, 5.41) is 8.93. The third-order valence-corrected chi connectivity index (χ3v) is 3.27. The van der Waals surface area contributed by atoms with Crippen molar-refractivity contribution in [1.29, 1.82) is 0 Å². The van der Waals surface area contributed by atoms with Gasteiger partial charge >= 0.3 is 0 Å². The lowest BCUT2D eigenvalue weighted by Gasteiger charge is -2.12. The van der Waals surface area contributed by atoms with Crippen molar-refractivity contribution in [1.82, 2.24) is 24.5 Å². The number of aromatic nitrogens is 5. The molecule has 19 heavy (non-hydrogen) atoms. The fourth-order valence-corrected chi connectivity index (χ4v) is 2.09. The number of nitrogens with zero attached hydrogens (tertiary/aromatic N) is 5. The van der Waals surface area contributed by atoms with Crippen LogP contribution in [0.15, 0.2) is 18.6 Å². The summed E-state index contributed by atoms with van der Waals surface area (Å²) < 4.78 is 3.82. The summed E-state index contributed by atoms with van der Waals surface area (Å²) in [7, 11) is 0. The molecule has 0 bridgehead atoms. The van der Waals surface area contributed by atoms with Crippen molar-refractivity contribution in [3.05, 3.63) is 30.1 Å². The minimum Gasteiger partial charge on any atom is -0.321 e. The molecule has 2 aromatic heterocycles. The molecule has 0 saturated heterocycles. The maximum Gasteiger partial charge on any atom is 0.166 e. The second-order valence-corrected chi connectivity index (χ2v) is 4.85. The standard InChI is InChI=1S/C13H22N6/c1-4-12(5-2)19-7-6-11(16-19)8-18-9-15-13(17-18)10(3)14/h6-7,9-10,12H,4-5,8,14H2,1-3H3. The number of hydrogen-bond donors (Lipinski definition) is 1. The van der Waals surface area contributed by atoms with E-state index in [0.29, 0.717) is 18.4 Å². The lowest BCUT2D eigenvalue weighted by Crippen LogP contribution is -2.10. The van der Waals surface area contributed by atoms with Crippen molar-refractivity contribution >= 4 is 0 Å². The normalized spacial score (nSPS) is 13.1. The maximum atomic E-state index is 5.74. The number of nitrogens with two attached hydrogens (primary N) is 1. The second kappa shape index (κ2) is 5.97. The number of rotatable bonds is 6. The zero-order valence-electron chi connectivity index (χ0n) is 11.8. The van der Waals surface area contributed by atoms with Gasteiger partial charge in [0.15, 0.2) is 5.82 Å². The predicted molar refractivity (Wildman–Crippen MR) is 73.6 cm³/mol. The Morgan fingerprint density at radius 3 is 2.58 bits per heavy atom. The summed E-state index contributed by atoms with van der Waals surface area (Å²) >= 11 is 0. The van der Waals surface area contributed by atoms with Gasteiger partial charge in [-0.2, -0.15) is 10.2 Å². The highest BCUT2D eigenvalue weighted by atomic mass is 15.4. The van der Waals surface area contributed by atoms with Crippen molar-refractivity contribution in [2.75, 3.05) is 0 Å². The minimum absolute atomic E-state index is 0.136. The van der Waals surface area contributed by atoms with Crippen LogP contribution in [0.4, 0.5) is 0 Å². The maximum absolute atomic E-state index is 5.74. The van der Waals surface area contributed by atoms with Crippen LogP contribution in [0.1, 0.15) is 57.2 Å². The summed E-state index contributed by atoms with van der Waals surface area (Å²) in [4.78, 5) is 4.18. The summed E-state index contributed by atoms with van der Waals surface area (Å²) in [6.07, 6.45) is 5.93. The van der Waals surface area contributed by atoms with E-state index in [1.165, 1.54) is 0 Å². The average Bonchev–Trinajstić information content (AvgIpc) is 3.01. The lowest BCUT2D eigenvalue weighted by atomic mass is 10.2. The average molecular weight is 262 g/mol. The van der Waals surface area contributed by atoms with Gasteiger partial charge in [0.05, 0.1) is 24.3 Å². The van der Waals surface area contributed by atoms with Crippen molar-refractivity contribution in [2.24, 2.45) is 5.73 Å². The summed E-state index contributed by atoms with van der Waals surface area (Å²) in [6.45, 7) is 6.87. The fourth-order valence-electron chi connectivity index (χ4n) is 2.09. The van der Waals surface area contributed by atoms with Crippen molar-refractivity contribution in [3.63, 3.8) is 0 Å². The Labute approximate surface area is 113 Å². The van der Waals surface area contributed by atoms with Crippen LogP contribution in [0, 0.1) is 0 Å². The quantitative estimate of drug-likeness (QED) is 0.862. The van der Waals surface area contributed by atoms with Gasteiger partial charge in [-0.1, -0.05) is 13.8 Å². The topological polar surface area (TPSA) is 74.5 Å². The molecule has 2 rings (SSSR count). The zero-order chi connectivity index (χ0) is 13.8. The second-order valence-electron chi connectivity index (χ2n) is 4.85. The van der Waals surface area contributed by atoms with E-state index in [4.69, 9.17) is 5.73 Å². The van der Waals surface area contributed by atoms with Gasteiger partial charge in [0.25, 0.3) is 0 Å². The van der Waals surface area contributed by atoms with Crippen LogP contribution >= 0.6 is 0 Å². The molecule has 104 valence electrons. The molecule has 1 unspecified atom stereocenters. The molecule has 2 N–H and O–H groups in total. The van der Waals surface area contributed by atoms with E-state index in [0.717, 1.165) is 18.5 Å². The Morgan fingerprint density at radius 1 is 1.26 bits per heavy atom. The SMILES string of the molecule is CCC(CC)n1ccc(Cn2cnc(C(C)N)n2)n1. The van der Waals surface area contributed by atoms with Crippen LogP contribution < -0.4 is 5.73 Å². The van der Waals surface area contributed by atoms with Gasteiger partial charge in [0.2, 0.25) is 0 Å². The highest BCUT2D eigenvalue weighted by Crippen LogP contribution is 2.14. The van der Waals surface area contributed by atoms with Gasteiger partial charge in [0.1, 0.15) is 6.33 Å². The predicted octanol–water partition coefficient (Wildman–Crippen LogP) is 1.90. The van der Waals surface area contributed by atoms with E-state index < -0.39 is 0 Å². The molecule has 0 aromatic carbocycles. The molecule has 0 spiro atoms. The van der Waals surface area contributed by atoms with Gasteiger partial charge < -0.3 is 5.73 Å². The molecule has 0 aliphatic heterocycles. The molecule has 1 atom stereocenters. The van der Waals surface area contributed by atoms with E-state index in [-0.39, 0.29) is 6.04 Å². The summed E-state index contributed by atoms with van der Waals surface area (Å²) in [5.41, 5.74) is 6.74. The van der Waals surface area contributed by atoms with E-state index in [1.807, 2.05) is 23.9 Å². The third-order valence-electron chi connectivity index (χ3n) is 3.27. The van der Waals surface area contributed by atoms with Crippen molar-refractivity contribution in [2.45, 2.75) is 52.2 Å². The molecular formula is C13H22N6. The van der Waals surface area contributed by atoms with Gasteiger partial charge in [-0.05, 0) is 25.8 Å². The Morgan fingerprint density at radius 2 is 2.00 bits per heavy atom.